The molecular weight excluding hydrogens is 291 g/mol. The summed E-state index contributed by atoms with van der Waals surface area (Å²) in [5.41, 5.74) is 0.902. The van der Waals surface area contributed by atoms with E-state index >= 15 is 0 Å². The minimum atomic E-state index is -0.219. The van der Waals surface area contributed by atoms with Crippen LogP contribution in [0.5, 0.6) is 0 Å². The van der Waals surface area contributed by atoms with Crippen LogP contribution in [0.4, 0.5) is 4.39 Å². The number of carbonyl (C=O) groups excluding carboxylic acids is 1. The highest BCUT2D eigenvalue weighted by atomic mass is 19.1. The summed E-state index contributed by atoms with van der Waals surface area (Å²) < 4.78 is 13.5. The fourth-order valence-electron chi connectivity index (χ4n) is 4.27. The highest BCUT2D eigenvalue weighted by molar-refractivity contribution is 5.77. The molecule has 2 aliphatic heterocycles. The Kier molecular flexibility index (Phi) is 4.10. The molecule has 3 nitrogen and oxygen atoms in total. The van der Waals surface area contributed by atoms with Crippen LogP contribution in [-0.4, -0.2) is 41.4 Å². The minimum absolute atomic E-state index is 0.219. The molecule has 0 aromatic heterocycles. The molecule has 124 valence electrons. The molecule has 0 radical (unpaired) electrons. The quantitative estimate of drug-likeness (QED) is 0.852. The van der Waals surface area contributed by atoms with Gasteiger partial charge in [0.15, 0.2) is 0 Å². The number of rotatable bonds is 4. The molecule has 1 aliphatic carbocycles. The van der Waals surface area contributed by atoms with E-state index in [0.29, 0.717) is 24.9 Å². The molecule has 23 heavy (non-hydrogen) atoms. The average Bonchev–Trinajstić information content (AvgIpc) is 3.26. The summed E-state index contributed by atoms with van der Waals surface area (Å²) in [5, 5.41) is 0. The van der Waals surface area contributed by atoms with Crippen molar-refractivity contribution in [3.05, 3.63) is 35.6 Å². The molecule has 3 fully saturated rings. The molecule has 0 unspecified atom stereocenters. The predicted molar refractivity (Wildman–Crippen MR) is 87.2 cm³/mol. The van der Waals surface area contributed by atoms with Crippen molar-refractivity contribution in [3.63, 3.8) is 0 Å². The van der Waals surface area contributed by atoms with E-state index in [9.17, 15) is 9.18 Å². The van der Waals surface area contributed by atoms with Crippen LogP contribution in [0.15, 0.2) is 24.3 Å². The molecule has 0 spiro atoms. The Morgan fingerprint density at radius 3 is 2.83 bits per heavy atom. The maximum absolute atomic E-state index is 13.5. The largest absolute Gasteiger partial charge is 0.334 e. The van der Waals surface area contributed by atoms with Crippen molar-refractivity contribution >= 4 is 5.91 Å². The lowest BCUT2D eigenvalue weighted by molar-refractivity contribution is -0.133. The second kappa shape index (κ2) is 6.23. The number of carbonyl (C=O) groups is 1. The van der Waals surface area contributed by atoms with Crippen molar-refractivity contribution in [3.8, 4) is 0 Å². The lowest BCUT2D eigenvalue weighted by Crippen LogP contribution is -2.43. The van der Waals surface area contributed by atoms with E-state index in [4.69, 9.17) is 0 Å². The molecule has 0 N–H and O–H groups in total. The summed E-state index contributed by atoms with van der Waals surface area (Å²) in [5.74, 6) is 1.51. The van der Waals surface area contributed by atoms with E-state index in [0.717, 1.165) is 37.4 Å². The summed E-state index contributed by atoms with van der Waals surface area (Å²) in [4.78, 5) is 17.2. The van der Waals surface area contributed by atoms with Crippen LogP contribution < -0.4 is 0 Å². The van der Waals surface area contributed by atoms with E-state index in [-0.39, 0.29) is 11.7 Å². The molecule has 4 rings (SSSR count). The zero-order valence-corrected chi connectivity index (χ0v) is 13.6. The van der Waals surface area contributed by atoms with Gasteiger partial charge in [0.1, 0.15) is 5.82 Å². The standard InChI is InChI=1S/C19H25FN2O/c20-17-5-1-3-15(9-17)11-22-18-13-21(10-14-7-8-14)12-16(18)4-2-6-19(22)23/h1,3,5,9,14,16,18H,2,4,6-8,10-13H2/t16-,18+/m1/s1. The molecule has 2 heterocycles. The Balaban J connectivity index is 1.51. The molecule has 1 saturated carbocycles. The number of amides is 1. The summed E-state index contributed by atoms with van der Waals surface area (Å²) in [6.45, 7) is 3.89. The van der Waals surface area contributed by atoms with Gasteiger partial charge in [-0.05, 0) is 55.2 Å². The zero-order chi connectivity index (χ0) is 15.8. The van der Waals surface area contributed by atoms with Crippen LogP contribution in [0.1, 0.15) is 37.7 Å². The summed E-state index contributed by atoms with van der Waals surface area (Å²) >= 11 is 0. The third-order valence-corrected chi connectivity index (χ3v) is 5.62. The van der Waals surface area contributed by atoms with Gasteiger partial charge in [0.25, 0.3) is 0 Å². The Morgan fingerprint density at radius 1 is 1.17 bits per heavy atom. The SMILES string of the molecule is O=C1CCC[C@@H]2CN(CC3CC3)C[C@@H]2N1Cc1cccc(F)c1. The highest BCUT2D eigenvalue weighted by Crippen LogP contribution is 2.35. The molecule has 2 atom stereocenters. The molecule has 1 aromatic rings. The van der Waals surface area contributed by atoms with Gasteiger partial charge in [-0.1, -0.05) is 12.1 Å². The van der Waals surface area contributed by atoms with Gasteiger partial charge in [-0.15, -0.1) is 0 Å². The molecule has 1 aromatic carbocycles. The first-order valence-corrected chi connectivity index (χ1v) is 8.95. The Labute approximate surface area is 137 Å². The topological polar surface area (TPSA) is 23.6 Å². The van der Waals surface area contributed by atoms with Crippen LogP contribution in [0.3, 0.4) is 0 Å². The third-order valence-electron chi connectivity index (χ3n) is 5.62. The van der Waals surface area contributed by atoms with Crippen molar-refractivity contribution in [2.45, 2.75) is 44.7 Å². The van der Waals surface area contributed by atoms with Gasteiger partial charge >= 0.3 is 0 Å². The van der Waals surface area contributed by atoms with Crippen molar-refractivity contribution < 1.29 is 9.18 Å². The predicted octanol–water partition coefficient (Wildman–Crippen LogP) is 3.05. The molecule has 2 saturated heterocycles. The second-order valence-electron chi connectivity index (χ2n) is 7.53. The van der Waals surface area contributed by atoms with Crippen LogP contribution in [0.2, 0.25) is 0 Å². The van der Waals surface area contributed by atoms with E-state index < -0.39 is 0 Å². The van der Waals surface area contributed by atoms with Crippen LogP contribution in [-0.2, 0) is 11.3 Å². The Hall–Kier alpha value is -1.42. The van der Waals surface area contributed by atoms with Gasteiger partial charge in [0.05, 0.1) is 0 Å². The maximum Gasteiger partial charge on any atom is 0.223 e. The van der Waals surface area contributed by atoms with Crippen molar-refractivity contribution in [1.29, 1.82) is 0 Å². The van der Waals surface area contributed by atoms with Crippen molar-refractivity contribution in [2.75, 3.05) is 19.6 Å². The normalized spacial score (nSPS) is 28.7. The molecular formula is C19H25FN2O. The fourth-order valence-corrected chi connectivity index (χ4v) is 4.27. The number of halogens is 1. The second-order valence-corrected chi connectivity index (χ2v) is 7.53. The van der Waals surface area contributed by atoms with E-state index in [2.05, 4.69) is 4.90 Å². The number of fused-ring (bicyclic) bond motifs is 1. The van der Waals surface area contributed by atoms with E-state index in [1.807, 2.05) is 11.0 Å². The Bertz CT molecular complexity index is 586. The smallest absolute Gasteiger partial charge is 0.223 e. The number of nitrogens with zero attached hydrogens (tertiary/aromatic N) is 2. The molecule has 0 bridgehead atoms. The van der Waals surface area contributed by atoms with Gasteiger partial charge < -0.3 is 9.80 Å². The average molecular weight is 316 g/mol. The zero-order valence-electron chi connectivity index (χ0n) is 13.6. The summed E-state index contributed by atoms with van der Waals surface area (Å²) in [7, 11) is 0. The molecule has 1 amide bonds. The fraction of sp³-hybridized carbons (Fsp3) is 0.632. The van der Waals surface area contributed by atoms with Crippen molar-refractivity contribution in [1.82, 2.24) is 9.80 Å². The third kappa shape index (κ3) is 3.42. The maximum atomic E-state index is 13.5. The highest BCUT2D eigenvalue weighted by Gasteiger charge is 2.41. The van der Waals surface area contributed by atoms with Crippen LogP contribution >= 0.6 is 0 Å². The van der Waals surface area contributed by atoms with Gasteiger partial charge in [-0.2, -0.15) is 0 Å². The number of hydrogen-bond donors (Lipinski definition) is 0. The first-order valence-electron chi connectivity index (χ1n) is 8.95. The number of benzene rings is 1. The lowest BCUT2D eigenvalue weighted by Gasteiger charge is -2.30. The Morgan fingerprint density at radius 2 is 2.04 bits per heavy atom. The summed E-state index contributed by atoms with van der Waals surface area (Å²) in [6.07, 6.45) is 5.54. The number of likely N-dealkylation sites (tertiary alicyclic amines) is 2. The molecule has 4 heteroatoms. The van der Waals surface area contributed by atoms with Crippen molar-refractivity contribution in [2.24, 2.45) is 11.8 Å². The van der Waals surface area contributed by atoms with Crippen LogP contribution in [0.25, 0.3) is 0 Å². The molecule has 3 aliphatic rings. The van der Waals surface area contributed by atoms with Gasteiger partial charge in [0.2, 0.25) is 5.91 Å². The summed E-state index contributed by atoms with van der Waals surface area (Å²) in [6, 6.07) is 6.99. The van der Waals surface area contributed by atoms with E-state index in [1.54, 1.807) is 12.1 Å². The lowest BCUT2D eigenvalue weighted by atomic mass is 9.98. The first-order chi connectivity index (χ1) is 11.2. The monoisotopic (exact) mass is 316 g/mol. The van der Waals surface area contributed by atoms with Gasteiger partial charge in [-0.3, -0.25) is 4.79 Å². The van der Waals surface area contributed by atoms with Crippen LogP contribution in [0, 0.1) is 17.7 Å². The van der Waals surface area contributed by atoms with Gasteiger partial charge in [0, 0.05) is 38.6 Å². The minimum Gasteiger partial charge on any atom is -0.334 e. The van der Waals surface area contributed by atoms with E-state index in [1.165, 1.54) is 25.5 Å². The van der Waals surface area contributed by atoms with Gasteiger partial charge in [-0.25, -0.2) is 4.39 Å². The number of hydrogen-bond acceptors (Lipinski definition) is 2. The first kappa shape index (κ1) is 15.1.